The Balaban J connectivity index is 2.07. The van der Waals surface area contributed by atoms with Crippen LogP contribution in [0.2, 0.25) is 0 Å². The van der Waals surface area contributed by atoms with E-state index in [2.05, 4.69) is 44.0 Å². The van der Waals surface area contributed by atoms with Crippen LogP contribution in [-0.2, 0) is 0 Å². The molecule has 0 aliphatic heterocycles. The minimum absolute atomic E-state index is 0.636. The van der Waals surface area contributed by atoms with E-state index in [1.807, 2.05) is 12.3 Å². The Morgan fingerprint density at radius 3 is 2.85 bits per heavy atom. The topological polar surface area (TPSA) is 25.4 Å². The number of alkyl halides is 1. The Labute approximate surface area is 128 Å². The van der Waals surface area contributed by atoms with Crippen LogP contribution in [0, 0.1) is 0 Å². The van der Waals surface area contributed by atoms with Gasteiger partial charge in [-0.1, -0.05) is 22.0 Å². The molecule has 0 amide bonds. The van der Waals surface area contributed by atoms with Gasteiger partial charge in [-0.3, -0.25) is 0 Å². The van der Waals surface area contributed by atoms with Gasteiger partial charge in [-0.2, -0.15) is 0 Å². The molecule has 0 unspecified atom stereocenters. The number of nitrogens with zero attached hydrogens (tertiary/aromatic N) is 2. The Hall–Kier alpha value is -1.29. The van der Waals surface area contributed by atoms with Crippen molar-refractivity contribution in [1.82, 2.24) is 4.98 Å². The minimum Gasteiger partial charge on any atom is -0.497 e. The number of hydrogen-bond acceptors (Lipinski definition) is 3. The van der Waals surface area contributed by atoms with E-state index in [-0.39, 0.29) is 0 Å². The number of ether oxygens (including phenoxy) is 1. The lowest BCUT2D eigenvalue weighted by atomic mass is 9.91. The molecular formula is C16H19BrN2O. The summed E-state index contributed by atoms with van der Waals surface area (Å²) in [6.45, 7) is 0.994. The third kappa shape index (κ3) is 2.49. The molecule has 1 saturated carbocycles. The van der Waals surface area contributed by atoms with Crippen LogP contribution in [-0.4, -0.2) is 30.0 Å². The first-order chi connectivity index (χ1) is 9.83. The van der Waals surface area contributed by atoms with Gasteiger partial charge in [0.2, 0.25) is 0 Å². The second-order valence-corrected chi connectivity index (χ2v) is 5.98. The summed E-state index contributed by atoms with van der Waals surface area (Å²) in [7, 11) is 1.71. The van der Waals surface area contributed by atoms with Crippen LogP contribution in [0.1, 0.15) is 19.3 Å². The highest BCUT2D eigenvalue weighted by molar-refractivity contribution is 9.09. The van der Waals surface area contributed by atoms with Gasteiger partial charge in [-0.15, -0.1) is 0 Å². The van der Waals surface area contributed by atoms with Crippen molar-refractivity contribution >= 4 is 32.5 Å². The fourth-order valence-electron chi connectivity index (χ4n) is 2.74. The van der Waals surface area contributed by atoms with Crippen LogP contribution < -0.4 is 9.64 Å². The van der Waals surface area contributed by atoms with E-state index in [9.17, 15) is 0 Å². The van der Waals surface area contributed by atoms with Gasteiger partial charge < -0.3 is 9.64 Å². The number of halogens is 1. The molecule has 0 atom stereocenters. The molecule has 1 fully saturated rings. The van der Waals surface area contributed by atoms with Crippen LogP contribution in [0.3, 0.4) is 0 Å². The molecule has 1 aromatic heterocycles. The molecule has 0 bridgehead atoms. The van der Waals surface area contributed by atoms with E-state index in [4.69, 9.17) is 4.74 Å². The highest BCUT2D eigenvalue weighted by atomic mass is 79.9. The predicted octanol–water partition coefficient (Wildman–Crippen LogP) is 4.00. The summed E-state index contributed by atoms with van der Waals surface area (Å²) in [6.07, 6.45) is 5.78. The maximum atomic E-state index is 5.36. The van der Waals surface area contributed by atoms with Gasteiger partial charge in [0, 0.05) is 29.5 Å². The van der Waals surface area contributed by atoms with E-state index in [0.717, 1.165) is 23.4 Å². The molecule has 3 nitrogen and oxygen atoms in total. The van der Waals surface area contributed by atoms with E-state index < -0.39 is 0 Å². The van der Waals surface area contributed by atoms with E-state index in [1.165, 1.54) is 30.0 Å². The first kappa shape index (κ1) is 13.7. The number of pyridine rings is 1. The molecule has 0 spiro atoms. The lowest BCUT2D eigenvalue weighted by molar-refractivity contribution is 0.389. The quantitative estimate of drug-likeness (QED) is 0.773. The zero-order valence-electron chi connectivity index (χ0n) is 11.7. The number of aromatic nitrogens is 1. The van der Waals surface area contributed by atoms with Gasteiger partial charge in [-0.05, 0) is 42.8 Å². The molecule has 106 valence electrons. The van der Waals surface area contributed by atoms with Gasteiger partial charge >= 0.3 is 0 Å². The van der Waals surface area contributed by atoms with E-state index in [1.54, 1.807) is 7.11 Å². The molecule has 1 heterocycles. The van der Waals surface area contributed by atoms with Crippen molar-refractivity contribution < 1.29 is 4.74 Å². The molecule has 4 heteroatoms. The lowest BCUT2D eigenvalue weighted by Crippen LogP contribution is -2.42. The first-order valence-electron chi connectivity index (χ1n) is 7.09. The smallest absolute Gasteiger partial charge is 0.136 e. The third-order valence-corrected chi connectivity index (χ3v) is 4.42. The van der Waals surface area contributed by atoms with Crippen molar-refractivity contribution in [3.8, 4) is 5.75 Å². The normalized spacial score (nSPS) is 15.1. The molecular weight excluding hydrogens is 316 g/mol. The van der Waals surface area contributed by atoms with Crippen LogP contribution >= 0.6 is 15.9 Å². The molecule has 0 saturated heterocycles. The molecule has 0 radical (unpaired) electrons. The van der Waals surface area contributed by atoms with Crippen LogP contribution in [0.25, 0.3) is 10.8 Å². The highest BCUT2D eigenvalue weighted by Gasteiger charge is 2.26. The van der Waals surface area contributed by atoms with Crippen molar-refractivity contribution in [3.05, 3.63) is 30.5 Å². The zero-order chi connectivity index (χ0) is 13.9. The fraction of sp³-hybridized carbons (Fsp3) is 0.438. The summed E-state index contributed by atoms with van der Waals surface area (Å²) in [6, 6.07) is 8.90. The lowest BCUT2D eigenvalue weighted by Gasteiger charge is -2.38. The maximum absolute atomic E-state index is 5.36. The summed E-state index contributed by atoms with van der Waals surface area (Å²) < 4.78 is 5.36. The Morgan fingerprint density at radius 2 is 2.20 bits per heavy atom. The van der Waals surface area contributed by atoms with Gasteiger partial charge in [0.05, 0.1) is 7.11 Å². The van der Waals surface area contributed by atoms with Gasteiger partial charge in [-0.25, -0.2) is 4.98 Å². The molecule has 0 N–H and O–H groups in total. The Kier molecular flexibility index (Phi) is 4.10. The minimum atomic E-state index is 0.636. The highest BCUT2D eigenvalue weighted by Crippen LogP contribution is 2.34. The van der Waals surface area contributed by atoms with Gasteiger partial charge in [0.25, 0.3) is 0 Å². The summed E-state index contributed by atoms with van der Waals surface area (Å²) in [4.78, 5) is 7.10. The molecule has 20 heavy (non-hydrogen) atoms. The van der Waals surface area contributed by atoms with Gasteiger partial charge in [0.15, 0.2) is 0 Å². The van der Waals surface area contributed by atoms with Crippen molar-refractivity contribution in [2.75, 3.05) is 23.9 Å². The standard InChI is InChI=1S/C16H19BrN2O/c1-20-14-6-5-12-7-9-18-16(15(12)11-14)19(10-8-17)13-3-2-4-13/h5-7,9,11,13H,2-4,8,10H2,1H3. The second-order valence-electron chi connectivity index (χ2n) is 5.19. The number of rotatable bonds is 5. The first-order valence-corrected chi connectivity index (χ1v) is 8.21. The summed E-state index contributed by atoms with van der Waals surface area (Å²) in [5, 5.41) is 3.36. The number of benzene rings is 1. The van der Waals surface area contributed by atoms with Crippen LogP contribution in [0.15, 0.2) is 30.5 Å². The van der Waals surface area contributed by atoms with Crippen molar-refractivity contribution in [1.29, 1.82) is 0 Å². The predicted molar refractivity (Wildman–Crippen MR) is 87.1 cm³/mol. The number of anilines is 1. The SMILES string of the molecule is COc1ccc2ccnc(N(CCBr)C3CCC3)c2c1. The zero-order valence-corrected chi connectivity index (χ0v) is 13.3. The molecule has 1 aliphatic carbocycles. The number of methoxy groups -OCH3 is 1. The van der Waals surface area contributed by atoms with Crippen molar-refractivity contribution in [2.45, 2.75) is 25.3 Å². The third-order valence-electron chi connectivity index (χ3n) is 4.07. The Morgan fingerprint density at radius 1 is 1.35 bits per heavy atom. The van der Waals surface area contributed by atoms with Crippen molar-refractivity contribution in [2.24, 2.45) is 0 Å². The fourth-order valence-corrected chi connectivity index (χ4v) is 3.12. The molecule has 2 aromatic rings. The summed E-state index contributed by atoms with van der Waals surface area (Å²) >= 11 is 3.57. The van der Waals surface area contributed by atoms with Crippen LogP contribution in [0.4, 0.5) is 5.82 Å². The van der Waals surface area contributed by atoms with E-state index >= 15 is 0 Å². The average molecular weight is 335 g/mol. The maximum Gasteiger partial charge on any atom is 0.136 e. The second kappa shape index (κ2) is 6.00. The summed E-state index contributed by atoms with van der Waals surface area (Å²) in [5.41, 5.74) is 0. The molecule has 3 rings (SSSR count). The average Bonchev–Trinajstić information content (AvgIpc) is 2.43. The molecule has 1 aromatic carbocycles. The van der Waals surface area contributed by atoms with E-state index in [0.29, 0.717) is 6.04 Å². The largest absolute Gasteiger partial charge is 0.497 e. The molecule has 1 aliphatic rings. The number of fused-ring (bicyclic) bond motifs is 1. The van der Waals surface area contributed by atoms with Crippen LogP contribution in [0.5, 0.6) is 5.75 Å². The van der Waals surface area contributed by atoms with Crippen molar-refractivity contribution in [3.63, 3.8) is 0 Å². The summed E-state index contributed by atoms with van der Waals surface area (Å²) in [5.74, 6) is 1.98. The van der Waals surface area contributed by atoms with Gasteiger partial charge in [0.1, 0.15) is 11.6 Å². The number of hydrogen-bond donors (Lipinski definition) is 0. The monoisotopic (exact) mass is 334 g/mol. The Bertz CT molecular complexity index is 598.